The lowest BCUT2D eigenvalue weighted by atomic mass is 10.0. The van der Waals surface area contributed by atoms with Gasteiger partial charge in [0.2, 0.25) is 5.91 Å². The summed E-state index contributed by atoms with van der Waals surface area (Å²) in [6.45, 7) is 6.11. The zero-order chi connectivity index (χ0) is 11.6. The third-order valence-corrected chi connectivity index (χ3v) is 2.67. The number of primary amides is 1. The number of hydrogen-bond acceptors (Lipinski definition) is 3. The number of aromatic nitrogens is 2. The molecule has 0 fully saturated rings. The first-order chi connectivity index (χ1) is 6.84. The minimum atomic E-state index is -0.692. The van der Waals surface area contributed by atoms with Gasteiger partial charge in [0.05, 0.1) is 11.7 Å². The summed E-state index contributed by atoms with van der Waals surface area (Å²) < 4.78 is 1.80. The molecule has 84 valence electrons. The van der Waals surface area contributed by atoms with Gasteiger partial charge in [-0.1, -0.05) is 0 Å². The molecular formula is C10H18N4O. The van der Waals surface area contributed by atoms with Crippen molar-refractivity contribution in [2.24, 2.45) is 12.8 Å². The molecule has 0 saturated heterocycles. The Kier molecular flexibility index (Phi) is 3.14. The van der Waals surface area contributed by atoms with Crippen molar-refractivity contribution in [1.29, 1.82) is 0 Å². The highest BCUT2D eigenvalue weighted by Crippen LogP contribution is 2.08. The topological polar surface area (TPSA) is 72.9 Å². The van der Waals surface area contributed by atoms with Crippen LogP contribution in [0.25, 0.3) is 0 Å². The van der Waals surface area contributed by atoms with Crippen LogP contribution in [0.5, 0.6) is 0 Å². The number of carbonyl (C=O) groups excluding carboxylic acids is 1. The minimum Gasteiger partial charge on any atom is -0.368 e. The van der Waals surface area contributed by atoms with Gasteiger partial charge in [-0.15, -0.1) is 0 Å². The third kappa shape index (κ3) is 2.56. The lowest BCUT2D eigenvalue weighted by Gasteiger charge is -2.22. The highest BCUT2D eigenvalue weighted by molar-refractivity contribution is 5.83. The molecule has 1 aromatic heterocycles. The largest absolute Gasteiger partial charge is 0.368 e. The number of aryl methyl sites for hydroxylation is 1. The predicted octanol–water partition coefficient (Wildman–Crippen LogP) is 0.0820. The lowest BCUT2D eigenvalue weighted by molar-refractivity contribution is -0.123. The Balaban J connectivity index is 2.65. The average Bonchev–Trinajstić information content (AvgIpc) is 2.45. The molecule has 0 atom stereocenters. The lowest BCUT2D eigenvalue weighted by Crippen LogP contribution is -2.50. The van der Waals surface area contributed by atoms with E-state index in [-0.39, 0.29) is 5.91 Å². The summed E-state index contributed by atoms with van der Waals surface area (Å²) in [4.78, 5) is 11.1. The fraction of sp³-hybridized carbons (Fsp3) is 0.600. The quantitative estimate of drug-likeness (QED) is 0.739. The van der Waals surface area contributed by atoms with Gasteiger partial charge in [0, 0.05) is 24.8 Å². The number of carbonyl (C=O) groups is 1. The molecule has 0 aliphatic carbocycles. The normalized spacial score (nSPS) is 11.7. The third-order valence-electron chi connectivity index (χ3n) is 2.67. The van der Waals surface area contributed by atoms with Crippen molar-refractivity contribution in [2.45, 2.75) is 32.9 Å². The molecule has 0 unspecified atom stereocenters. The Morgan fingerprint density at radius 2 is 2.27 bits per heavy atom. The van der Waals surface area contributed by atoms with Crippen molar-refractivity contribution in [3.8, 4) is 0 Å². The van der Waals surface area contributed by atoms with Gasteiger partial charge in [-0.3, -0.25) is 14.8 Å². The molecule has 0 aromatic carbocycles. The zero-order valence-electron chi connectivity index (χ0n) is 9.66. The van der Waals surface area contributed by atoms with Crippen LogP contribution in [0.15, 0.2) is 6.20 Å². The van der Waals surface area contributed by atoms with Crippen LogP contribution in [0, 0.1) is 6.92 Å². The molecule has 0 saturated carbocycles. The molecule has 0 spiro atoms. The Labute approximate surface area is 89.6 Å². The SMILES string of the molecule is Cc1c(CNC(C)(C)C(N)=O)cnn1C. The second kappa shape index (κ2) is 4.02. The van der Waals surface area contributed by atoms with Crippen LogP contribution in [0.4, 0.5) is 0 Å². The number of rotatable bonds is 4. The second-order valence-corrected chi connectivity index (χ2v) is 4.22. The summed E-state index contributed by atoms with van der Waals surface area (Å²) in [6.07, 6.45) is 1.79. The second-order valence-electron chi connectivity index (χ2n) is 4.22. The maximum absolute atomic E-state index is 11.1. The van der Waals surface area contributed by atoms with Crippen molar-refractivity contribution in [3.05, 3.63) is 17.5 Å². The van der Waals surface area contributed by atoms with Gasteiger partial charge in [0.1, 0.15) is 0 Å². The van der Waals surface area contributed by atoms with Crippen molar-refractivity contribution in [1.82, 2.24) is 15.1 Å². The minimum absolute atomic E-state index is 0.357. The summed E-state index contributed by atoms with van der Waals surface area (Å²) >= 11 is 0. The van der Waals surface area contributed by atoms with Crippen molar-refractivity contribution in [3.63, 3.8) is 0 Å². The number of nitrogens with one attached hydrogen (secondary N) is 1. The van der Waals surface area contributed by atoms with Gasteiger partial charge in [0.25, 0.3) is 0 Å². The van der Waals surface area contributed by atoms with E-state index in [2.05, 4.69) is 10.4 Å². The van der Waals surface area contributed by atoms with E-state index in [1.807, 2.05) is 14.0 Å². The van der Waals surface area contributed by atoms with Crippen LogP contribution in [0.2, 0.25) is 0 Å². The van der Waals surface area contributed by atoms with E-state index < -0.39 is 5.54 Å². The van der Waals surface area contributed by atoms with Crippen molar-refractivity contribution in [2.75, 3.05) is 0 Å². The van der Waals surface area contributed by atoms with E-state index in [1.165, 1.54) is 0 Å². The monoisotopic (exact) mass is 210 g/mol. The Morgan fingerprint density at radius 3 is 2.67 bits per heavy atom. The highest BCUT2D eigenvalue weighted by Gasteiger charge is 2.24. The van der Waals surface area contributed by atoms with Gasteiger partial charge in [-0.05, 0) is 20.8 Å². The van der Waals surface area contributed by atoms with Crippen LogP contribution in [0.3, 0.4) is 0 Å². The van der Waals surface area contributed by atoms with Crippen molar-refractivity contribution >= 4 is 5.91 Å². The molecule has 5 heteroatoms. The van der Waals surface area contributed by atoms with E-state index in [9.17, 15) is 4.79 Å². The van der Waals surface area contributed by atoms with Crippen LogP contribution in [0.1, 0.15) is 25.1 Å². The molecule has 1 heterocycles. The highest BCUT2D eigenvalue weighted by atomic mass is 16.1. The number of nitrogens with two attached hydrogens (primary N) is 1. The molecule has 3 N–H and O–H groups in total. The molecule has 0 bridgehead atoms. The zero-order valence-corrected chi connectivity index (χ0v) is 9.66. The maximum Gasteiger partial charge on any atom is 0.237 e. The summed E-state index contributed by atoms with van der Waals surface area (Å²) in [5.41, 5.74) is 6.72. The van der Waals surface area contributed by atoms with Crippen molar-refractivity contribution < 1.29 is 4.79 Å². The molecule has 15 heavy (non-hydrogen) atoms. The maximum atomic E-state index is 11.1. The van der Waals surface area contributed by atoms with Crippen LogP contribution < -0.4 is 11.1 Å². The van der Waals surface area contributed by atoms with Gasteiger partial charge < -0.3 is 5.73 Å². The smallest absolute Gasteiger partial charge is 0.237 e. The standard InChI is InChI=1S/C10H18N4O/c1-7-8(6-13-14(7)4)5-12-10(2,3)9(11)15/h6,12H,5H2,1-4H3,(H2,11,15). The summed E-state index contributed by atoms with van der Waals surface area (Å²) in [6, 6.07) is 0. The first-order valence-corrected chi connectivity index (χ1v) is 4.87. The van der Waals surface area contributed by atoms with Crippen LogP contribution in [-0.4, -0.2) is 21.2 Å². The Morgan fingerprint density at radius 1 is 1.67 bits per heavy atom. The van der Waals surface area contributed by atoms with Gasteiger partial charge >= 0.3 is 0 Å². The van der Waals surface area contributed by atoms with E-state index in [0.29, 0.717) is 6.54 Å². The van der Waals surface area contributed by atoms with E-state index >= 15 is 0 Å². The molecule has 1 aromatic rings. The molecular weight excluding hydrogens is 192 g/mol. The van der Waals surface area contributed by atoms with Gasteiger partial charge in [0.15, 0.2) is 0 Å². The molecule has 1 amide bonds. The fourth-order valence-electron chi connectivity index (χ4n) is 1.12. The fourth-order valence-corrected chi connectivity index (χ4v) is 1.12. The van der Waals surface area contributed by atoms with Gasteiger partial charge in [-0.25, -0.2) is 0 Å². The number of nitrogens with zero attached hydrogens (tertiary/aromatic N) is 2. The first-order valence-electron chi connectivity index (χ1n) is 4.87. The summed E-state index contributed by atoms with van der Waals surface area (Å²) in [5, 5.41) is 7.22. The van der Waals surface area contributed by atoms with E-state index in [0.717, 1.165) is 11.3 Å². The molecule has 5 nitrogen and oxygen atoms in total. The summed E-state index contributed by atoms with van der Waals surface area (Å²) in [5.74, 6) is -0.357. The van der Waals surface area contributed by atoms with Crippen LogP contribution >= 0.6 is 0 Å². The van der Waals surface area contributed by atoms with Gasteiger partial charge in [-0.2, -0.15) is 5.10 Å². The van der Waals surface area contributed by atoms with E-state index in [1.54, 1.807) is 24.7 Å². The molecule has 0 aliphatic rings. The van der Waals surface area contributed by atoms with Crippen LogP contribution in [-0.2, 0) is 18.4 Å². The summed E-state index contributed by atoms with van der Waals surface area (Å²) in [7, 11) is 1.89. The molecule has 0 aliphatic heterocycles. The predicted molar refractivity (Wildman–Crippen MR) is 58.1 cm³/mol. The Bertz CT molecular complexity index is 367. The first kappa shape index (κ1) is 11.7. The number of hydrogen-bond donors (Lipinski definition) is 2. The van der Waals surface area contributed by atoms with E-state index in [4.69, 9.17) is 5.73 Å². The molecule has 1 rings (SSSR count). The Hall–Kier alpha value is -1.36. The number of amides is 1. The average molecular weight is 210 g/mol. The molecule has 0 radical (unpaired) electrons.